The van der Waals surface area contributed by atoms with E-state index in [0.717, 1.165) is 63.2 Å². The van der Waals surface area contributed by atoms with Crippen LogP contribution >= 0.6 is 12.2 Å². The van der Waals surface area contributed by atoms with Crippen LogP contribution in [-0.4, -0.2) is 62.3 Å². The molecule has 0 amide bonds. The number of aromatic nitrogens is 3. The van der Waals surface area contributed by atoms with Crippen LogP contribution < -0.4 is 5.32 Å². The monoisotopic (exact) mass is 490 g/mol. The standard InChI is InChI=1S/C27H34N6OS/c1-20-18-23(21(2)32(20)13-5-12-31-14-16-34-17-15-31)26-25(24-6-3-4-9-29-24)30-27(35)33(26)19-22-7-10-28-11-8-22/h3-4,6-11,18,25-26H,5,12-17,19H2,1-2H3,(H,30,35)/t25-,26-/m1/s1. The molecule has 0 unspecified atom stereocenters. The molecule has 35 heavy (non-hydrogen) atoms. The Kier molecular flexibility index (Phi) is 7.41. The molecular formula is C27H34N6OS. The number of thiocarbonyl (C=S) groups is 1. The molecular weight excluding hydrogens is 456 g/mol. The molecule has 3 aromatic rings. The lowest BCUT2D eigenvalue weighted by atomic mass is 9.96. The Morgan fingerprint density at radius 1 is 1.06 bits per heavy atom. The van der Waals surface area contributed by atoms with Crippen LogP contribution in [0.3, 0.4) is 0 Å². The molecule has 2 atom stereocenters. The molecule has 2 aliphatic heterocycles. The Morgan fingerprint density at radius 3 is 2.60 bits per heavy atom. The van der Waals surface area contributed by atoms with Crippen LogP contribution in [-0.2, 0) is 17.8 Å². The topological polar surface area (TPSA) is 58.5 Å². The van der Waals surface area contributed by atoms with Gasteiger partial charge in [-0.2, -0.15) is 0 Å². The van der Waals surface area contributed by atoms with Gasteiger partial charge in [0.2, 0.25) is 0 Å². The predicted molar refractivity (Wildman–Crippen MR) is 141 cm³/mol. The van der Waals surface area contributed by atoms with Crippen LogP contribution in [0.15, 0.2) is 55.0 Å². The summed E-state index contributed by atoms with van der Waals surface area (Å²) in [6, 6.07) is 12.6. The highest BCUT2D eigenvalue weighted by molar-refractivity contribution is 7.80. The third kappa shape index (κ3) is 5.24. The van der Waals surface area contributed by atoms with Crippen molar-refractivity contribution in [2.24, 2.45) is 0 Å². The van der Waals surface area contributed by atoms with Crippen molar-refractivity contribution in [1.29, 1.82) is 0 Å². The minimum atomic E-state index is -0.00663. The SMILES string of the molecule is Cc1cc([C@@H]2[C@@H](c3ccccn3)NC(=S)N2Cc2ccncc2)c(C)n1CCCN1CCOCC1. The molecule has 2 aliphatic rings. The van der Waals surface area contributed by atoms with Gasteiger partial charge in [-0.3, -0.25) is 14.9 Å². The predicted octanol–water partition coefficient (Wildman–Crippen LogP) is 3.79. The molecule has 184 valence electrons. The largest absolute Gasteiger partial charge is 0.379 e. The Balaban J connectivity index is 1.42. The van der Waals surface area contributed by atoms with E-state index in [-0.39, 0.29) is 12.1 Å². The lowest BCUT2D eigenvalue weighted by Gasteiger charge is -2.28. The molecule has 8 heteroatoms. The maximum atomic E-state index is 5.87. The molecule has 0 aromatic carbocycles. The first-order chi connectivity index (χ1) is 17.1. The minimum Gasteiger partial charge on any atom is -0.379 e. The summed E-state index contributed by atoms with van der Waals surface area (Å²) in [7, 11) is 0. The molecule has 5 heterocycles. The van der Waals surface area contributed by atoms with Gasteiger partial charge in [-0.1, -0.05) is 6.07 Å². The smallest absolute Gasteiger partial charge is 0.170 e. The van der Waals surface area contributed by atoms with Crippen molar-refractivity contribution in [3.05, 3.63) is 83.2 Å². The molecule has 7 nitrogen and oxygen atoms in total. The molecule has 0 spiro atoms. The van der Waals surface area contributed by atoms with Crippen LogP contribution in [0.1, 0.15) is 46.7 Å². The average molecular weight is 491 g/mol. The van der Waals surface area contributed by atoms with Gasteiger partial charge in [-0.25, -0.2) is 0 Å². The lowest BCUT2D eigenvalue weighted by Crippen LogP contribution is -2.37. The zero-order chi connectivity index (χ0) is 24.2. The molecule has 1 N–H and O–H groups in total. The molecule has 0 aliphatic carbocycles. The fourth-order valence-corrected chi connectivity index (χ4v) is 5.65. The van der Waals surface area contributed by atoms with Gasteiger partial charge in [0.1, 0.15) is 0 Å². The number of ether oxygens (including phenoxy) is 1. The highest BCUT2D eigenvalue weighted by Crippen LogP contribution is 2.41. The van der Waals surface area contributed by atoms with Crippen molar-refractivity contribution in [2.45, 2.75) is 45.4 Å². The van der Waals surface area contributed by atoms with Crippen molar-refractivity contribution in [3.63, 3.8) is 0 Å². The summed E-state index contributed by atoms with van der Waals surface area (Å²) in [5.74, 6) is 0. The number of morpholine rings is 1. The number of hydrogen-bond donors (Lipinski definition) is 1. The lowest BCUT2D eigenvalue weighted by molar-refractivity contribution is 0.0369. The van der Waals surface area contributed by atoms with Crippen molar-refractivity contribution >= 4 is 17.3 Å². The zero-order valence-corrected chi connectivity index (χ0v) is 21.4. The van der Waals surface area contributed by atoms with Crippen LogP contribution in [0.25, 0.3) is 0 Å². The van der Waals surface area contributed by atoms with Crippen molar-refractivity contribution in [2.75, 3.05) is 32.8 Å². The Bertz CT molecular complexity index is 1130. The first-order valence-electron chi connectivity index (χ1n) is 12.5. The quantitative estimate of drug-likeness (QED) is 0.482. The molecule has 2 fully saturated rings. The Hall–Kier alpha value is -2.81. The van der Waals surface area contributed by atoms with E-state index >= 15 is 0 Å². The van der Waals surface area contributed by atoms with E-state index in [9.17, 15) is 0 Å². The summed E-state index contributed by atoms with van der Waals surface area (Å²) in [5.41, 5.74) is 6.11. The molecule has 3 aromatic heterocycles. The van der Waals surface area contributed by atoms with E-state index in [2.05, 4.69) is 62.8 Å². The van der Waals surface area contributed by atoms with Gasteiger partial charge in [0.05, 0.1) is 31.0 Å². The van der Waals surface area contributed by atoms with Gasteiger partial charge in [-0.05, 0) is 73.9 Å². The molecule has 0 radical (unpaired) electrons. The van der Waals surface area contributed by atoms with Crippen molar-refractivity contribution in [3.8, 4) is 0 Å². The van der Waals surface area contributed by atoms with Crippen molar-refractivity contribution in [1.82, 2.24) is 29.7 Å². The molecule has 0 saturated carbocycles. The van der Waals surface area contributed by atoms with E-state index in [4.69, 9.17) is 21.9 Å². The fraction of sp³-hybridized carbons (Fsp3) is 0.444. The molecule has 2 saturated heterocycles. The fourth-order valence-electron chi connectivity index (χ4n) is 5.35. The van der Waals surface area contributed by atoms with E-state index in [1.54, 1.807) is 0 Å². The summed E-state index contributed by atoms with van der Waals surface area (Å²) in [6.45, 7) is 11.1. The van der Waals surface area contributed by atoms with Crippen molar-refractivity contribution < 1.29 is 4.74 Å². The summed E-state index contributed by atoms with van der Waals surface area (Å²) >= 11 is 5.87. The number of rotatable bonds is 8. The van der Waals surface area contributed by atoms with Gasteiger partial charge in [0.15, 0.2) is 5.11 Å². The van der Waals surface area contributed by atoms with Gasteiger partial charge >= 0.3 is 0 Å². The second-order valence-electron chi connectivity index (χ2n) is 9.40. The second-order valence-corrected chi connectivity index (χ2v) is 9.78. The number of hydrogen-bond acceptors (Lipinski definition) is 5. The minimum absolute atomic E-state index is 0.00663. The third-order valence-corrected chi connectivity index (χ3v) is 7.54. The van der Waals surface area contributed by atoms with Crippen LogP contribution in [0.4, 0.5) is 0 Å². The number of nitrogens with zero attached hydrogens (tertiary/aromatic N) is 5. The number of aryl methyl sites for hydroxylation is 1. The summed E-state index contributed by atoms with van der Waals surface area (Å²) in [4.78, 5) is 13.7. The summed E-state index contributed by atoms with van der Waals surface area (Å²) in [6.07, 6.45) is 6.67. The second kappa shape index (κ2) is 10.8. The molecule has 5 rings (SSSR count). The average Bonchev–Trinajstić information content (AvgIpc) is 3.36. The normalized spacial score (nSPS) is 20.9. The zero-order valence-electron chi connectivity index (χ0n) is 20.6. The van der Waals surface area contributed by atoms with E-state index in [0.29, 0.717) is 0 Å². The van der Waals surface area contributed by atoms with Crippen LogP contribution in [0.2, 0.25) is 0 Å². The summed E-state index contributed by atoms with van der Waals surface area (Å²) in [5, 5.41) is 4.35. The maximum absolute atomic E-state index is 5.87. The van der Waals surface area contributed by atoms with E-state index < -0.39 is 0 Å². The van der Waals surface area contributed by atoms with Gasteiger partial charge in [-0.15, -0.1) is 0 Å². The third-order valence-electron chi connectivity index (χ3n) is 7.19. The van der Waals surface area contributed by atoms with Gasteiger partial charge in [0.25, 0.3) is 0 Å². The number of pyridine rings is 2. The van der Waals surface area contributed by atoms with Gasteiger partial charge in [0, 0.05) is 62.7 Å². The first kappa shape index (κ1) is 23.9. The van der Waals surface area contributed by atoms with Crippen LogP contribution in [0.5, 0.6) is 0 Å². The van der Waals surface area contributed by atoms with E-state index in [1.807, 2.05) is 30.7 Å². The summed E-state index contributed by atoms with van der Waals surface area (Å²) < 4.78 is 7.96. The first-order valence-corrected chi connectivity index (χ1v) is 12.9. The van der Waals surface area contributed by atoms with E-state index in [1.165, 1.54) is 22.5 Å². The Labute approximate surface area is 213 Å². The maximum Gasteiger partial charge on any atom is 0.170 e. The Morgan fingerprint density at radius 2 is 1.86 bits per heavy atom. The number of nitrogens with one attached hydrogen (secondary N) is 1. The molecule has 0 bridgehead atoms. The highest BCUT2D eigenvalue weighted by Gasteiger charge is 2.41. The van der Waals surface area contributed by atoms with Crippen LogP contribution in [0, 0.1) is 13.8 Å². The highest BCUT2D eigenvalue weighted by atomic mass is 32.1. The van der Waals surface area contributed by atoms with Gasteiger partial charge < -0.3 is 19.5 Å².